The summed E-state index contributed by atoms with van der Waals surface area (Å²) in [5.74, 6) is 0.683. The van der Waals surface area contributed by atoms with Crippen LogP contribution in [0.5, 0.6) is 11.5 Å². The van der Waals surface area contributed by atoms with Crippen molar-refractivity contribution in [3.63, 3.8) is 0 Å². The molecule has 8 heteroatoms. The Hall–Kier alpha value is -3.65. The first-order valence-corrected chi connectivity index (χ1v) is 10.8. The number of nitrogens with zero attached hydrogens (tertiary/aromatic N) is 3. The second-order valence-corrected chi connectivity index (χ2v) is 8.27. The summed E-state index contributed by atoms with van der Waals surface area (Å²) >= 11 is 0. The Morgan fingerprint density at radius 1 is 1.03 bits per heavy atom. The maximum Gasteiger partial charge on any atom is 0.345 e. The largest absolute Gasteiger partial charge is 0.508 e. The fraction of sp³-hybridized carbons (Fsp3) is 0.320. The van der Waals surface area contributed by atoms with E-state index in [-0.39, 0.29) is 18.3 Å². The van der Waals surface area contributed by atoms with E-state index in [1.54, 1.807) is 55.3 Å². The number of carbonyl (C=O) groups is 1. The first kappa shape index (κ1) is 24.0. The number of benzene rings is 2. The molecule has 174 valence electrons. The van der Waals surface area contributed by atoms with Crippen LogP contribution in [0.1, 0.15) is 12.0 Å². The highest BCUT2D eigenvalue weighted by atomic mass is 16.5. The molecule has 3 rings (SSSR count). The molecule has 0 atom stereocenters. The second-order valence-electron chi connectivity index (χ2n) is 8.27. The van der Waals surface area contributed by atoms with Gasteiger partial charge in [-0.05, 0) is 93.6 Å². The molecule has 0 unspecified atom stereocenters. The normalized spacial score (nSPS) is 10.9. The van der Waals surface area contributed by atoms with Crippen LogP contribution in [0.4, 0.5) is 0 Å². The third kappa shape index (κ3) is 6.66. The summed E-state index contributed by atoms with van der Waals surface area (Å²) in [5.41, 5.74) is 2.89. The SMILES string of the molecule is Cc1cc(-c2cc(-c3ccc(OCC(=O)N(C)CCCN(C)C)cc3)[nH]c(=O)n2)ccc1O. The summed E-state index contributed by atoms with van der Waals surface area (Å²) in [4.78, 5) is 35.0. The van der Waals surface area contributed by atoms with Gasteiger partial charge in [0.25, 0.3) is 5.91 Å². The van der Waals surface area contributed by atoms with E-state index in [0.29, 0.717) is 29.2 Å². The molecule has 1 heterocycles. The van der Waals surface area contributed by atoms with Gasteiger partial charge in [-0.25, -0.2) is 4.79 Å². The molecule has 0 saturated heterocycles. The number of nitrogens with one attached hydrogen (secondary N) is 1. The minimum atomic E-state index is -0.462. The molecular formula is C25H30N4O4. The molecule has 1 aromatic heterocycles. The van der Waals surface area contributed by atoms with E-state index in [4.69, 9.17) is 4.74 Å². The number of phenolic OH excluding ortho intramolecular Hbond substituents is 1. The summed E-state index contributed by atoms with van der Waals surface area (Å²) in [7, 11) is 5.79. The van der Waals surface area contributed by atoms with E-state index in [1.165, 1.54) is 0 Å². The van der Waals surface area contributed by atoms with Crippen LogP contribution in [0, 0.1) is 6.92 Å². The van der Waals surface area contributed by atoms with Crippen molar-refractivity contribution in [3.8, 4) is 34.0 Å². The molecule has 0 spiro atoms. The minimum absolute atomic E-state index is 0.0335. The van der Waals surface area contributed by atoms with E-state index in [2.05, 4.69) is 14.9 Å². The number of aromatic amines is 1. The minimum Gasteiger partial charge on any atom is -0.508 e. The van der Waals surface area contributed by atoms with Gasteiger partial charge in [0, 0.05) is 19.2 Å². The summed E-state index contributed by atoms with van der Waals surface area (Å²) in [6, 6.07) is 14.0. The van der Waals surface area contributed by atoms with Crippen LogP contribution in [0.15, 0.2) is 53.3 Å². The van der Waals surface area contributed by atoms with Crippen molar-refractivity contribution in [1.29, 1.82) is 0 Å². The fourth-order valence-electron chi connectivity index (χ4n) is 3.31. The summed E-state index contributed by atoms with van der Waals surface area (Å²) in [5, 5.41) is 9.74. The molecule has 33 heavy (non-hydrogen) atoms. The van der Waals surface area contributed by atoms with Gasteiger partial charge in [-0.15, -0.1) is 0 Å². The Labute approximate surface area is 193 Å². The number of carbonyl (C=O) groups excluding carboxylic acids is 1. The molecule has 2 N–H and O–H groups in total. The first-order valence-electron chi connectivity index (χ1n) is 10.8. The van der Waals surface area contributed by atoms with Gasteiger partial charge in [-0.1, -0.05) is 0 Å². The Bertz CT molecular complexity index is 1160. The van der Waals surface area contributed by atoms with E-state index in [9.17, 15) is 14.7 Å². The Morgan fingerprint density at radius 3 is 2.39 bits per heavy atom. The van der Waals surface area contributed by atoms with Crippen LogP contribution in [0.2, 0.25) is 0 Å². The topological polar surface area (TPSA) is 98.8 Å². The van der Waals surface area contributed by atoms with Crippen LogP contribution in [0.25, 0.3) is 22.5 Å². The van der Waals surface area contributed by atoms with Crippen LogP contribution in [0.3, 0.4) is 0 Å². The second kappa shape index (κ2) is 10.8. The van der Waals surface area contributed by atoms with Crippen molar-refractivity contribution >= 4 is 5.91 Å². The molecule has 0 bridgehead atoms. The fourth-order valence-corrected chi connectivity index (χ4v) is 3.31. The number of phenols is 1. The number of aromatic nitrogens is 2. The quantitative estimate of drug-likeness (QED) is 0.520. The predicted octanol–water partition coefficient (Wildman–Crippen LogP) is 2.91. The standard InChI is InChI=1S/C25H30N4O4/c1-17-14-19(8-11-23(17)30)22-15-21(26-25(32)27-22)18-6-9-20(10-7-18)33-16-24(31)29(4)13-5-12-28(2)3/h6-11,14-15,30H,5,12-13,16H2,1-4H3,(H,26,27,32). The molecule has 8 nitrogen and oxygen atoms in total. The number of aromatic hydroxyl groups is 1. The summed E-state index contributed by atoms with van der Waals surface area (Å²) in [6.07, 6.45) is 0.903. The lowest BCUT2D eigenvalue weighted by molar-refractivity contribution is -0.132. The zero-order valence-corrected chi connectivity index (χ0v) is 19.5. The number of hydrogen-bond acceptors (Lipinski definition) is 6. The molecule has 0 fully saturated rings. The van der Waals surface area contributed by atoms with Gasteiger partial charge in [0.1, 0.15) is 11.5 Å². The average molecular weight is 451 g/mol. The molecule has 0 aliphatic heterocycles. The molecule has 0 saturated carbocycles. The van der Waals surface area contributed by atoms with Crippen molar-refractivity contribution in [3.05, 3.63) is 64.6 Å². The number of likely N-dealkylation sites (N-methyl/N-ethyl adjacent to an activating group) is 1. The number of ether oxygens (including phenoxy) is 1. The van der Waals surface area contributed by atoms with Gasteiger partial charge >= 0.3 is 5.69 Å². The maximum absolute atomic E-state index is 12.3. The highest BCUT2D eigenvalue weighted by Gasteiger charge is 2.11. The van der Waals surface area contributed by atoms with Gasteiger partial charge in [0.05, 0.1) is 11.4 Å². The zero-order chi connectivity index (χ0) is 24.0. The number of rotatable bonds is 9. The van der Waals surface area contributed by atoms with Crippen molar-refractivity contribution in [2.75, 3.05) is 40.8 Å². The Kier molecular flexibility index (Phi) is 7.84. The number of aryl methyl sites for hydroxylation is 1. The molecule has 3 aromatic rings. The lowest BCUT2D eigenvalue weighted by Crippen LogP contribution is -2.33. The third-order valence-corrected chi connectivity index (χ3v) is 5.29. The van der Waals surface area contributed by atoms with Crippen LogP contribution in [-0.4, -0.2) is 71.6 Å². The lowest BCUT2D eigenvalue weighted by atomic mass is 10.1. The highest BCUT2D eigenvalue weighted by molar-refractivity contribution is 5.77. The number of H-pyrrole nitrogens is 1. The van der Waals surface area contributed by atoms with E-state index in [0.717, 1.165) is 24.1 Å². The highest BCUT2D eigenvalue weighted by Crippen LogP contribution is 2.26. The number of amides is 1. The van der Waals surface area contributed by atoms with E-state index < -0.39 is 5.69 Å². The van der Waals surface area contributed by atoms with Gasteiger partial charge in [0.2, 0.25) is 0 Å². The smallest absolute Gasteiger partial charge is 0.345 e. The molecule has 2 aromatic carbocycles. The van der Waals surface area contributed by atoms with Crippen molar-refractivity contribution in [1.82, 2.24) is 19.8 Å². The lowest BCUT2D eigenvalue weighted by Gasteiger charge is -2.18. The van der Waals surface area contributed by atoms with Crippen molar-refractivity contribution in [2.24, 2.45) is 0 Å². The predicted molar refractivity (Wildman–Crippen MR) is 128 cm³/mol. The van der Waals surface area contributed by atoms with Gasteiger partial charge in [0.15, 0.2) is 6.61 Å². The van der Waals surface area contributed by atoms with Crippen molar-refractivity contribution in [2.45, 2.75) is 13.3 Å². The van der Waals surface area contributed by atoms with Crippen molar-refractivity contribution < 1.29 is 14.6 Å². The van der Waals surface area contributed by atoms with Crippen LogP contribution in [-0.2, 0) is 4.79 Å². The number of hydrogen-bond donors (Lipinski definition) is 2. The van der Waals surface area contributed by atoms with Crippen LogP contribution < -0.4 is 10.4 Å². The molecule has 0 aliphatic carbocycles. The summed E-state index contributed by atoms with van der Waals surface area (Å²) < 4.78 is 5.64. The molecule has 0 aliphatic rings. The maximum atomic E-state index is 12.3. The monoisotopic (exact) mass is 450 g/mol. The molecular weight excluding hydrogens is 420 g/mol. The molecule has 0 radical (unpaired) electrons. The average Bonchev–Trinajstić information content (AvgIpc) is 2.78. The van der Waals surface area contributed by atoms with Gasteiger partial charge in [-0.3, -0.25) is 4.79 Å². The Balaban J connectivity index is 1.66. The van der Waals surface area contributed by atoms with E-state index >= 15 is 0 Å². The van der Waals surface area contributed by atoms with Gasteiger partial charge in [-0.2, -0.15) is 4.98 Å². The first-order chi connectivity index (χ1) is 15.7. The third-order valence-electron chi connectivity index (χ3n) is 5.29. The van der Waals surface area contributed by atoms with Gasteiger partial charge < -0.3 is 24.6 Å². The van der Waals surface area contributed by atoms with E-state index in [1.807, 2.05) is 26.2 Å². The Morgan fingerprint density at radius 2 is 1.73 bits per heavy atom. The zero-order valence-electron chi connectivity index (χ0n) is 19.5. The molecule has 1 amide bonds. The summed E-state index contributed by atoms with van der Waals surface area (Å²) in [6.45, 7) is 3.36. The van der Waals surface area contributed by atoms with Crippen LogP contribution >= 0.6 is 0 Å².